The van der Waals surface area contributed by atoms with Gasteiger partial charge in [-0.15, -0.1) is 11.3 Å². The third-order valence-corrected chi connectivity index (χ3v) is 13.0. The molecule has 4 N–H and O–H groups in total. The predicted octanol–water partition coefficient (Wildman–Crippen LogP) is 7.78. The number of unbranched alkanes of at least 4 members (excludes halogenated alkanes) is 3. The number of carboxylic acids is 1. The largest absolute Gasteiger partial charge is 0.481 e. The van der Waals surface area contributed by atoms with Crippen molar-refractivity contribution in [3.05, 3.63) is 45.4 Å². The van der Waals surface area contributed by atoms with E-state index in [9.17, 15) is 29.1 Å². The van der Waals surface area contributed by atoms with E-state index < -0.39 is 41.4 Å². The number of likely N-dealkylation sites (N-methyl/N-ethyl adjacent to an activating group) is 1. The fourth-order valence-corrected chi connectivity index (χ4v) is 8.91. The van der Waals surface area contributed by atoms with E-state index in [1.54, 1.807) is 19.2 Å². The van der Waals surface area contributed by atoms with E-state index >= 15 is 0 Å². The number of aryl methyl sites for hydroxylation is 1. The summed E-state index contributed by atoms with van der Waals surface area (Å²) >= 11 is 1.20. The van der Waals surface area contributed by atoms with Crippen molar-refractivity contribution in [3.8, 4) is 0 Å². The van der Waals surface area contributed by atoms with Crippen LogP contribution in [0.5, 0.6) is 0 Å². The number of rotatable bonds is 24. The first-order valence-electron chi connectivity index (χ1n) is 22.1. The Morgan fingerprint density at radius 1 is 1.07 bits per heavy atom. The van der Waals surface area contributed by atoms with Crippen LogP contribution in [0.15, 0.2) is 23.6 Å². The number of benzene rings is 1. The summed E-state index contributed by atoms with van der Waals surface area (Å²) in [4.78, 5) is 76.1. The zero-order valence-corrected chi connectivity index (χ0v) is 39.0. The van der Waals surface area contributed by atoms with Gasteiger partial charge in [0.25, 0.3) is 5.91 Å². The summed E-state index contributed by atoms with van der Waals surface area (Å²) in [6.45, 7) is 18.2. The molecule has 1 saturated heterocycles. The molecule has 0 bridgehead atoms. The maximum atomic E-state index is 14.9. The van der Waals surface area contributed by atoms with E-state index in [1.165, 1.54) is 18.3 Å². The number of thiazole rings is 1. The van der Waals surface area contributed by atoms with E-state index in [0.717, 1.165) is 68.3 Å². The van der Waals surface area contributed by atoms with Crippen molar-refractivity contribution in [2.24, 2.45) is 17.3 Å². The van der Waals surface area contributed by atoms with Crippen LogP contribution in [0.1, 0.15) is 152 Å². The summed E-state index contributed by atoms with van der Waals surface area (Å²) in [5.41, 5.74) is 1.97. The molecule has 0 aliphatic carbocycles. The molecule has 1 aliphatic rings. The summed E-state index contributed by atoms with van der Waals surface area (Å²) in [5.74, 6) is -2.37. The zero-order chi connectivity index (χ0) is 44.7. The SMILES string of the molecule is CCCCCCN(C(=O)[C@@H](NC(=O)[C@H]1CCCCN1C)[C@@H](C)CC)[C@H](C[C@@H](OC(C)=O)c1nc(C(=O)NC(Cc2ccc(C)c(NC)c2)CC(C)(C)C(=O)O)cs1)C(C)C. The highest BCUT2D eigenvalue weighted by atomic mass is 32.1. The van der Waals surface area contributed by atoms with Crippen LogP contribution >= 0.6 is 11.3 Å². The minimum atomic E-state index is -1.11. The molecule has 3 rings (SSSR count). The van der Waals surface area contributed by atoms with E-state index in [4.69, 9.17) is 9.72 Å². The number of nitrogens with one attached hydrogen (secondary N) is 3. The molecule has 6 atom stereocenters. The maximum Gasteiger partial charge on any atom is 0.309 e. The van der Waals surface area contributed by atoms with Crippen molar-refractivity contribution in [2.45, 2.75) is 163 Å². The lowest BCUT2D eigenvalue weighted by atomic mass is 9.83. The van der Waals surface area contributed by atoms with E-state index in [1.807, 2.05) is 71.8 Å². The molecular weight excluding hydrogens is 781 g/mol. The second-order valence-electron chi connectivity index (χ2n) is 17.8. The van der Waals surface area contributed by atoms with Crippen molar-refractivity contribution in [2.75, 3.05) is 32.5 Å². The fourth-order valence-electron chi connectivity index (χ4n) is 8.07. The molecule has 1 aromatic heterocycles. The van der Waals surface area contributed by atoms with E-state index in [-0.39, 0.29) is 54.3 Å². The number of aromatic nitrogens is 1. The lowest BCUT2D eigenvalue weighted by molar-refractivity contribution is -0.150. The average Bonchev–Trinajstić information content (AvgIpc) is 3.69. The summed E-state index contributed by atoms with van der Waals surface area (Å²) in [6, 6.07) is 4.05. The van der Waals surface area contributed by atoms with Crippen molar-refractivity contribution < 1.29 is 33.8 Å². The molecule has 60 heavy (non-hydrogen) atoms. The fraction of sp³-hybridized carbons (Fsp3) is 0.696. The molecule has 0 radical (unpaired) electrons. The number of likely N-dealkylation sites (tertiary alicyclic amines) is 1. The first-order valence-corrected chi connectivity index (χ1v) is 23.0. The quantitative estimate of drug-likeness (QED) is 0.0604. The summed E-state index contributed by atoms with van der Waals surface area (Å²) in [7, 11) is 3.81. The molecule has 3 amide bonds. The van der Waals surface area contributed by atoms with Gasteiger partial charge in [0.05, 0.1) is 11.5 Å². The van der Waals surface area contributed by atoms with E-state index in [0.29, 0.717) is 24.4 Å². The van der Waals surface area contributed by atoms with Gasteiger partial charge in [-0.1, -0.05) is 78.9 Å². The molecule has 336 valence electrons. The topological polar surface area (TPSA) is 170 Å². The summed E-state index contributed by atoms with van der Waals surface area (Å²) < 4.78 is 5.94. The van der Waals surface area contributed by atoms with Crippen LogP contribution < -0.4 is 16.0 Å². The number of esters is 1. The lowest BCUT2D eigenvalue weighted by Crippen LogP contribution is -2.59. The van der Waals surface area contributed by atoms with Crippen molar-refractivity contribution in [3.63, 3.8) is 0 Å². The Labute approximate surface area is 363 Å². The van der Waals surface area contributed by atoms with Crippen molar-refractivity contribution >= 4 is 46.7 Å². The number of hydrogen-bond acceptors (Lipinski definition) is 10. The van der Waals surface area contributed by atoms with Gasteiger partial charge in [-0.2, -0.15) is 0 Å². The highest BCUT2D eigenvalue weighted by Crippen LogP contribution is 2.33. The van der Waals surface area contributed by atoms with Gasteiger partial charge >= 0.3 is 11.9 Å². The van der Waals surface area contributed by atoms with Crippen LogP contribution in [-0.2, 0) is 30.3 Å². The van der Waals surface area contributed by atoms with Gasteiger partial charge in [0.15, 0.2) is 6.10 Å². The van der Waals surface area contributed by atoms with Gasteiger partial charge in [-0.25, -0.2) is 4.98 Å². The normalized spacial score (nSPS) is 17.2. The van der Waals surface area contributed by atoms with Crippen LogP contribution in [0.25, 0.3) is 0 Å². The van der Waals surface area contributed by atoms with Gasteiger partial charge in [0.1, 0.15) is 16.7 Å². The minimum absolute atomic E-state index is 0.0535. The Morgan fingerprint density at radius 2 is 1.78 bits per heavy atom. The van der Waals surface area contributed by atoms with Crippen molar-refractivity contribution in [1.29, 1.82) is 0 Å². The Hall–Kier alpha value is -4.04. The van der Waals surface area contributed by atoms with Gasteiger partial charge in [0.2, 0.25) is 11.8 Å². The molecule has 13 nitrogen and oxygen atoms in total. The number of aliphatic carboxylic acids is 1. The second-order valence-corrected chi connectivity index (χ2v) is 18.7. The second kappa shape index (κ2) is 23.8. The predicted molar refractivity (Wildman–Crippen MR) is 239 cm³/mol. The number of carbonyl (C=O) groups excluding carboxylic acids is 4. The standard InChI is InChI=1S/C46H74N6O7S/c1-12-14-15-17-23-52(44(56)40(30(5)13-2)50-42(55)37-19-16-18-22-51(37)11)38(29(3)4)26-39(59-32(7)53)43-49-36(28-60-43)41(54)48-34(27-46(8,9)45(57)58)24-33-21-20-31(6)35(25-33)47-10/h20-21,25,28-30,34,37-40,47H,12-19,22-24,26-27H2,1-11H3,(H,48,54)(H,50,55)(H,57,58)/t30-,34?,37+,38+,39+,40-/m0/s1. The number of anilines is 1. The minimum Gasteiger partial charge on any atom is -0.481 e. The number of carboxylic acid groups (broad SMARTS) is 1. The average molecular weight is 855 g/mol. The van der Waals surface area contributed by atoms with Crippen LogP contribution in [0.4, 0.5) is 5.69 Å². The molecule has 2 heterocycles. The first kappa shape index (κ1) is 50.3. The molecule has 1 aromatic carbocycles. The molecule has 1 aliphatic heterocycles. The highest BCUT2D eigenvalue weighted by Gasteiger charge is 2.39. The zero-order valence-electron chi connectivity index (χ0n) is 38.2. The third-order valence-electron chi connectivity index (χ3n) is 12.1. The Bertz CT molecular complexity index is 1730. The molecule has 2 aromatic rings. The molecule has 14 heteroatoms. The number of carbonyl (C=O) groups is 5. The number of hydrogen-bond donors (Lipinski definition) is 4. The molecule has 1 fully saturated rings. The lowest BCUT2D eigenvalue weighted by Gasteiger charge is -2.40. The number of ether oxygens (including phenoxy) is 1. The van der Waals surface area contributed by atoms with Gasteiger partial charge < -0.3 is 30.7 Å². The van der Waals surface area contributed by atoms with Gasteiger partial charge in [0, 0.05) is 50.1 Å². The Morgan fingerprint density at radius 3 is 2.38 bits per heavy atom. The first-order chi connectivity index (χ1) is 28.3. The molecule has 0 saturated carbocycles. The monoisotopic (exact) mass is 855 g/mol. The Balaban J connectivity index is 1.95. The van der Waals surface area contributed by atoms with Crippen LogP contribution in [0, 0.1) is 24.2 Å². The highest BCUT2D eigenvalue weighted by molar-refractivity contribution is 7.09. The Kier molecular flexibility index (Phi) is 20.0. The molecule has 0 spiro atoms. The third kappa shape index (κ3) is 14.6. The van der Waals surface area contributed by atoms with Crippen LogP contribution in [0.3, 0.4) is 0 Å². The van der Waals surface area contributed by atoms with Crippen LogP contribution in [0.2, 0.25) is 0 Å². The number of piperidine rings is 1. The molecular formula is C46H74N6O7S. The van der Waals surface area contributed by atoms with Gasteiger partial charge in [-0.05, 0) is 95.5 Å². The van der Waals surface area contributed by atoms with Gasteiger partial charge in [-0.3, -0.25) is 28.9 Å². The summed E-state index contributed by atoms with van der Waals surface area (Å²) in [5, 5.41) is 21.4. The smallest absolute Gasteiger partial charge is 0.309 e. The number of nitrogens with zero attached hydrogens (tertiary/aromatic N) is 3. The van der Waals surface area contributed by atoms with E-state index in [2.05, 4.69) is 27.8 Å². The molecule has 1 unspecified atom stereocenters. The number of amides is 3. The van der Waals surface area contributed by atoms with Crippen molar-refractivity contribution in [1.82, 2.24) is 25.4 Å². The maximum absolute atomic E-state index is 14.9. The summed E-state index contributed by atoms with van der Waals surface area (Å²) in [6.07, 6.45) is 7.24. The van der Waals surface area contributed by atoms with Crippen LogP contribution in [-0.4, -0.2) is 101 Å².